The van der Waals surface area contributed by atoms with Crippen molar-refractivity contribution in [3.05, 3.63) is 34.6 Å². The third kappa shape index (κ3) is 5.17. The van der Waals surface area contributed by atoms with Crippen LogP contribution < -0.4 is 5.32 Å². The lowest BCUT2D eigenvalue weighted by atomic mass is 10.4. The maximum absolute atomic E-state index is 11.4. The second kappa shape index (κ2) is 6.84. The Kier molecular flexibility index (Phi) is 5.70. The molecule has 0 aliphatic rings. The van der Waals surface area contributed by atoms with Crippen LogP contribution in [0.2, 0.25) is 0 Å². The molecule has 0 saturated carbocycles. The molecule has 1 aromatic heterocycles. The van der Waals surface area contributed by atoms with Crippen molar-refractivity contribution in [3.8, 4) is 0 Å². The molecule has 0 unspecified atom stereocenters. The molecular weight excluding hydrogens is 323 g/mol. The summed E-state index contributed by atoms with van der Waals surface area (Å²) in [7, 11) is 0. The van der Waals surface area contributed by atoms with Gasteiger partial charge in [-0.1, -0.05) is 6.08 Å². The van der Waals surface area contributed by atoms with Crippen molar-refractivity contribution in [1.82, 2.24) is 4.98 Å². The highest BCUT2D eigenvalue weighted by Gasteiger charge is 2.02. The highest BCUT2D eigenvalue weighted by Crippen LogP contribution is 2.08. The standard InChI is InChI=1S/C10H11IN2OS/c1-2-5-15-7-10(14)13-9-4-3-8(11)6-12-9/h2-4,6H,1,5,7H2,(H,12,13,14). The molecule has 80 valence electrons. The molecule has 0 aliphatic heterocycles. The van der Waals surface area contributed by atoms with Crippen LogP contribution in [0.1, 0.15) is 0 Å². The number of anilines is 1. The predicted molar refractivity (Wildman–Crippen MR) is 73.1 cm³/mol. The summed E-state index contributed by atoms with van der Waals surface area (Å²) in [5, 5.41) is 2.72. The number of nitrogens with zero attached hydrogens (tertiary/aromatic N) is 1. The SMILES string of the molecule is C=CCSCC(=O)Nc1ccc(I)cn1. The van der Waals surface area contributed by atoms with E-state index >= 15 is 0 Å². The first kappa shape index (κ1) is 12.5. The Morgan fingerprint density at radius 3 is 3.07 bits per heavy atom. The summed E-state index contributed by atoms with van der Waals surface area (Å²) in [6.45, 7) is 3.59. The van der Waals surface area contributed by atoms with Crippen LogP contribution in [0.4, 0.5) is 5.82 Å². The number of thioether (sulfide) groups is 1. The lowest BCUT2D eigenvalue weighted by Gasteiger charge is -2.03. The van der Waals surface area contributed by atoms with Gasteiger partial charge >= 0.3 is 0 Å². The van der Waals surface area contributed by atoms with E-state index in [0.717, 1.165) is 9.32 Å². The minimum atomic E-state index is -0.0319. The van der Waals surface area contributed by atoms with Gasteiger partial charge in [-0.2, -0.15) is 0 Å². The van der Waals surface area contributed by atoms with E-state index in [4.69, 9.17) is 0 Å². The van der Waals surface area contributed by atoms with Gasteiger partial charge in [0, 0.05) is 15.5 Å². The van der Waals surface area contributed by atoms with E-state index in [0.29, 0.717) is 11.6 Å². The van der Waals surface area contributed by atoms with Gasteiger partial charge in [0.1, 0.15) is 5.82 Å². The highest BCUT2D eigenvalue weighted by atomic mass is 127. The summed E-state index contributed by atoms with van der Waals surface area (Å²) >= 11 is 3.69. The number of hydrogen-bond acceptors (Lipinski definition) is 3. The molecule has 1 heterocycles. The van der Waals surface area contributed by atoms with Gasteiger partial charge in [-0.25, -0.2) is 4.98 Å². The molecule has 0 bridgehead atoms. The second-order valence-electron chi connectivity index (χ2n) is 2.71. The zero-order valence-corrected chi connectivity index (χ0v) is 11.0. The van der Waals surface area contributed by atoms with E-state index < -0.39 is 0 Å². The zero-order chi connectivity index (χ0) is 11.1. The third-order valence-corrected chi connectivity index (χ3v) is 3.04. The van der Waals surface area contributed by atoms with Crippen molar-refractivity contribution >= 4 is 46.1 Å². The van der Waals surface area contributed by atoms with Gasteiger partial charge < -0.3 is 5.32 Å². The summed E-state index contributed by atoms with van der Waals surface area (Å²) in [5.41, 5.74) is 0. The molecule has 0 saturated heterocycles. The van der Waals surface area contributed by atoms with E-state index in [2.05, 4.69) is 39.5 Å². The van der Waals surface area contributed by atoms with Crippen molar-refractivity contribution in [2.45, 2.75) is 0 Å². The maximum atomic E-state index is 11.4. The predicted octanol–water partition coefficient (Wildman–Crippen LogP) is 2.54. The van der Waals surface area contributed by atoms with Gasteiger partial charge in [0.2, 0.25) is 5.91 Å². The topological polar surface area (TPSA) is 42.0 Å². The Labute approximate surface area is 107 Å². The normalized spacial score (nSPS) is 9.67. The van der Waals surface area contributed by atoms with Crippen LogP contribution in [-0.2, 0) is 4.79 Å². The average molecular weight is 334 g/mol. The summed E-state index contributed by atoms with van der Waals surface area (Å²) in [6.07, 6.45) is 3.49. The molecule has 0 aliphatic carbocycles. The number of pyridine rings is 1. The van der Waals surface area contributed by atoms with Crippen LogP contribution >= 0.6 is 34.4 Å². The molecule has 1 N–H and O–H groups in total. The van der Waals surface area contributed by atoms with Crippen molar-refractivity contribution in [2.75, 3.05) is 16.8 Å². The summed E-state index contributed by atoms with van der Waals surface area (Å²) in [5.74, 6) is 1.78. The molecular formula is C10H11IN2OS. The number of nitrogens with one attached hydrogen (secondary N) is 1. The largest absolute Gasteiger partial charge is 0.310 e. The molecule has 5 heteroatoms. The summed E-state index contributed by atoms with van der Waals surface area (Å²) in [6, 6.07) is 3.69. The quantitative estimate of drug-likeness (QED) is 0.511. The number of rotatable bonds is 5. The van der Waals surface area contributed by atoms with Crippen LogP contribution in [-0.4, -0.2) is 22.4 Å². The van der Waals surface area contributed by atoms with Crippen molar-refractivity contribution < 1.29 is 4.79 Å². The molecule has 0 atom stereocenters. The molecule has 0 spiro atoms. The molecule has 0 radical (unpaired) electrons. The van der Waals surface area contributed by atoms with Gasteiger partial charge in [-0.3, -0.25) is 4.79 Å². The molecule has 1 aromatic rings. The number of halogens is 1. The molecule has 0 aromatic carbocycles. The lowest BCUT2D eigenvalue weighted by molar-refractivity contribution is -0.113. The Morgan fingerprint density at radius 2 is 2.47 bits per heavy atom. The van der Waals surface area contributed by atoms with E-state index in [1.807, 2.05) is 6.07 Å². The van der Waals surface area contributed by atoms with Crippen LogP contribution in [0.25, 0.3) is 0 Å². The fourth-order valence-corrected chi connectivity index (χ4v) is 1.72. The first-order chi connectivity index (χ1) is 7.22. The molecule has 1 rings (SSSR count). The fourth-order valence-electron chi connectivity index (χ4n) is 0.864. The van der Waals surface area contributed by atoms with Gasteiger partial charge in [-0.05, 0) is 34.7 Å². The van der Waals surface area contributed by atoms with E-state index in [-0.39, 0.29) is 5.91 Å². The number of amides is 1. The Bertz CT molecular complexity index is 340. The number of carbonyl (C=O) groups excluding carboxylic acids is 1. The van der Waals surface area contributed by atoms with Crippen LogP contribution in [0.3, 0.4) is 0 Å². The first-order valence-corrected chi connectivity index (χ1v) is 6.56. The highest BCUT2D eigenvalue weighted by molar-refractivity contribution is 14.1. The Hall–Kier alpha value is -0.560. The molecule has 3 nitrogen and oxygen atoms in total. The molecule has 1 amide bonds. The smallest absolute Gasteiger partial charge is 0.235 e. The van der Waals surface area contributed by atoms with E-state index in [1.54, 1.807) is 18.3 Å². The Morgan fingerprint density at radius 1 is 1.67 bits per heavy atom. The first-order valence-electron chi connectivity index (χ1n) is 4.32. The van der Waals surface area contributed by atoms with Crippen molar-refractivity contribution in [1.29, 1.82) is 0 Å². The molecule has 15 heavy (non-hydrogen) atoms. The monoisotopic (exact) mass is 334 g/mol. The molecule has 0 fully saturated rings. The minimum Gasteiger partial charge on any atom is -0.310 e. The Balaban J connectivity index is 2.37. The summed E-state index contributed by atoms with van der Waals surface area (Å²) in [4.78, 5) is 15.4. The zero-order valence-electron chi connectivity index (χ0n) is 8.07. The third-order valence-electron chi connectivity index (χ3n) is 1.46. The minimum absolute atomic E-state index is 0.0319. The summed E-state index contributed by atoms with van der Waals surface area (Å²) < 4.78 is 1.05. The van der Waals surface area contributed by atoms with Crippen LogP contribution in [0.5, 0.6) is 0 Å². The number of carbonyl (C=O) groups is 1. The van der Waals surface area contributed by atoms with Gasteiger partial charge in [0.05, 0.1) is 5.75 Å². The van der Waals surface area contributed by atoms with Gasteiger partial charge in [0.25, 0.3) is 0 Å². The van der Waals surface area contributed by atoms with Crippen LogP contribution in [0.15, 0.2) is 31.0 Å². The van der Waals surface area contributed by atoms with E-state index in [1.165, 1.54) is 11.8 Å². The van der Waals surface area contributed by atoms with E-state index in [9.17, 15) is 4.79 Å². The van der Waals surface area contributed by atoms with Gasteiger partial charge in [-0.15, -0.1) is 18.3 Å². The maximum Gasteiger partial charge on any atom is 0.235 e. The van der Waals surface area contributed by atoms with Gasteiger partial charge in [0.15, 0.2) is 0 Å². The second-order valence-corrected chi connectivity index (χ2v) is 4.99. The fraction of sp³-hybridized carbons (Fsp3) is 0.200. The lowest BCUT2D eigenvalue weighted by Crippen LogP contribution is -2.15. The van der Waals surface area contributed by atoms with Crippen molar-refractivity contribution in [3.63, 3.8) is 0 Å². The average Bonchev–Trinajstić information content (AvgIpc) is 2.22. The number of hydrogen-bond donors (Lipinski definition) is 1. The number of aromatic nitrogens is 1. The van der Waals surface area contributed by atoms with Crippen molar-refractivity contribution in [2.24, 2.45) is 0 Å². The van der Waals surface area contributed by atoms with Crippen LogP contribution in [0, 0.1) is 3.57 Å².